The summed E-state index contributed by atoms with van der Waals surface area (Å²) in [6.07, 6.45) is 3.89. The minimum Gasteiger partial charge on any atom is -0.335 e. The smallest absolute Gasteiger partial charge is 0.113 e. The summed E-state index contributed by atoms with van der Waals surface area (Å²) in [5, 5.41) is 0. The third-order valence-corrected chi connectivity index (χ3v) is 3.28. The van der Waals surface area contributed by atoms with Crippen LogP contribution in [0.1, 0.15) is 32.5 Å². The average molecular weight is 179 g/mol. The fourth-order valence-electron chi connectivity index (χ4n) is 2.04. The van der Waals surface area contributed by atoms with Crippen molar-refractivity contribution in [3.8, 4) is 0 Å². The van der Waals surface area contributed by atoms with Crippen LogP contribution < -0.4 is 5.73 Å². The van der Waals surface area contributed by atoms with Gasteiger partial charge < -0.3 is 10.3 Å². The monoisotopic (exact) mass is 179 g/mol. The van der Waals surface area contributed by atoms with E-state index in [-0.39, 0.29) is 11.5 Å². The zero-order valence-electron chi connectivity index (χ0n) is 8.49. The normalized spacial score (nSPS) is 30.5. The lowest BCUT2D eigenvalue weighted by Gasteiger charge is -2.04. The van der Waals surface area contributed by atoms with Gasteiger partial charge in [0.1, 0.15) is 5.82 Å². The van der Waals surface area contributed by atoms with Crippen molar-refractivity contribution in [2.75, 3.05) is 0 Å². The topological polar surface area (TPSA) is 43.8 Å². The maximum absolute atomic E-state index is 6.01. The van der Waals surface area contributed by atoms with Gasteiger partial charge >= 0.3 is 0 Å². The molecule has 0 saturated heterocycles. The Bertz CT molecular complexity index is 314. The Morgan fingerprint density at radius 1 is 1.62 bits per heavy atom. The fourth-order valence-corrected chi connectivity index (χ4v) is 2.04. The first kappa shape index (κ1) is 8.75. The van der Waals surface area contributed by atoms with Crippen molar-refractivity contribution in [2.45, 2.75) is 39.3 Å². The second-order valence-corrected chi connectivity index (χ2v) is 4.40. The van der Waals surface area contributed by atoms with Gasteiger partial charge in [-0.25, -0.2) is 4.98 Å². The Morgan fingerprint density at radius 2 is 2.23 bits per heavy atom. The second kappa shape index (κ2) is 2.58. The molecule has 1 aromatic rings. The van der Waals surface area contributed by atoms with Gasteiger partial charge in [-0.2, -0.15) is 0 Å². The molecule has 1 fully saturated rings. The number of hydrogen-bond acceptors (Lipinski definition) is 2. The molecule has 1 aliphatic carbocycles. The summed E-state index contributed by atoms with van der Waals surface area (Å²) in [5.74, 6) is 1.60. The summed E-state index contributed by atoms with van der Waals surface area (Å²) < 4.78 is 2.18. The van der Waals surface area contributed by atoms with Gasteiger partial charge in [-0.1, -0.05) is 13.8 Å². The van der Waals surface area contributed by atoms with E-state index in [0.29, 0.717) is 5.92 Å². The van der Waals surface area contributed by atoms with Gasteiger partial charge in [-0.05, 0) is 12.3 Å². The van der Waals surface area contributed by atoms with Crippen molar-refractivity contribution < 1.29 is 0 Å². The van der Waals surface area contributed by atoms with Crippen LogP contribution in [0.2, 0.25) is 0 Å². The average Bonchev–Trinajstić information content (AvgIpc) is 2.54. The summed E-state index contributed by atoms with van der Waals surface area (Å²) in [7, 11) is 0. The van der Waals surface area contributed by atoms with E-state index in [1.54, 1.807) is 0 Å². The molecule has 0 radical (unpaired) electrons. The van der Waals surface area contributed by atoms with Crippen LogP contribution in [0.4, 0.5) is 0 Å². The van der Waals surface area contributed by atoms with E-state index in [9.17, 15) is 0 Å². The molecule has 1 aromatic heterocycles. The minimum absolute atomic E-state index is 0.234. The molecule has 0 spiro atoms. The fraction of sp³-hybridized carbons (Fsp3) is 0.700. The molecule has 3 heteroatoms. The standard InChI is InChI=1S/C10H17N3/c1-4-13-6-5-12-9(13)7-8(11)10(7,2)3/h5-8H,4,11H2,1-3H3. The number of nitrogens with zero attached hydrogens (tertiary/aromatic N) is 2. The maximum atomic E-state index is 6.01. The van der Waals surface area contributed by atoms with E-state index < -0.39 is 0 Å². The number of hydrogen-bond donors (Lipinski definition) is 1. The summed E-state index contributed by atoms with van der Waals surface area (Å²) in [4.78, 5) is 4.38. The van der Waals surface area contributed by atoms with Crippen LogP contribution in [-0.2, 0) is 6.54 Å². The lowest BCUT2D eigenvalue weighted by molar-refractivity contribution is 0.575. The molecule has 0 aromatic carbocycles. The molecule has 0 amide bonds. The summed E-state index contributed by atoms with van der Waals surface area (Å²) in [6, 6.07) is 0.278. The van der Waals surface area contributed by atoms with Crippen LogP contribution in [0, 0.1) is 5.41 Å². The van der Waals surface area contributed by atoms with Gasteiger partial charge in [0.15, 0.2) is 0 Å². The molecule has 0 aliphatic heterocycles. The molecule has 13 heavy (non-hydrogen) atoms. The Labute approximate surface area is 79.0 Å². The largest absolute Gasteiger partial charge is 0.335 e. The van der Waals surface area contributed by atoms with E-state index in [1.165, 1.54) is 0 Å². The molecule has 1 heterocycles. The highest BCUT2D eigenvalue weighted by Crippen LogP contribution is 2.56. The quantitative estimate of drug-likeness (QED) is 0.744. The van der Waals surface area contributed by atoms with E-state index in [0.717, 1.165) is 12.4 Å². The van der Waals surface area contributed by atoms with Crippen LogP contribution in [0.5, 0.6) is 0 Å². The van der Waals surface area contributed by atoms with Gasteiger partial charge in [0, 0.05) is 30.9 Å². The third-order valence-electron chi connectivity index (χ3n) is 3.28. The Morgan fingerprint density at radius 3 is 2.69 bits per heavy atom. The van der Waals surface area contributed by atoms with E-state index in [1.807, 2.05) is 12.4 Å². The SMILES string of the molecule is CCn1ccnc1C1C(N)C1(C)C. The number of nitrogens with two attached hydrogens (primary N) is 1. The lowest BCUT2D eigenvalue weighted by atomic mass is 10.1. The van der Waals surface area contributed by atoms with Gasteiger partial charge in [0.05, 0.1) is 0 Å². The van der Waals surface area contributed by atoms with Crippen LogP contribution in [0.15, 0.2) is 12.4 Å². The number of aryl methyl sites for hydroxylation is 1. The first-order valence-corrected chi connectivity index (χ1v) is 4.85. The molecule has 2 unspecified atom stereocenters. The van der Waals surface area contributed by atoms with Crippen molar-refractivity contribution >= 4 is 0 Å². The summed E-state index contributed by atoms with van der Waals surface area (Å²) in [6.45, 7) is 7.52. The number of imidazole rings is 1. The minimum atomic E-state index is 0.234. The van der Waals surface area contributed by atoms with Crippen LogP contribution >= 0.6 is 0 Å². The highest BCUT2D eigenvalue weighted by atomic mass is 15.1. The molecular formula is C10H17N3. The highest BCUT2D eigenvalue weighted by molar-refractivity contribution is 5.25. The molecule has 1 saturated carbocycles. The Balaban J connectivity index is 2.28. The zero-order valence-corrected chi connectivity index (χ0v) is 8.49. The first-order valence-electron chi connectivity index (χ1n) is 4.85. The molecule has 72 valence electrons. The zero-order chi connectivity index (χ0) is 9.64. The third kappa shape index (κ3) is 1.10. The summed E-state index contributed by atoms with van der Waals surface area (Å²) in [5.41, 5.74) is 6.24. The number of rotatable bonds is 2. The van der Waals surface area contributed by atoms with Crippen molar-refractivity contribution in [3.05, 3.63) is 18.2 Å². The van der Waals surface area contributed by atoms with Gasteiger partial charge in [-0.15, -0.1) is 0 Å². The number of aromatic nitrogens is 2. The lowest BCUT2D eigenvalue weighted by Crippen LogP contribution is -2.07. The van der Waals surface area contributed by atoms with Crippen LogP contribution in [-0.4, -0.2) is 15.6 Å². The summed E-state index contributed by atoms with van der Waals surface area (Å²) >= 11 is 0. The molecule has 2 N–H and O–H groups in total. The van der Waals surface area contributed by atoms with Crippen LogP contribution in [0.25, 0.3) is 0 Å². The van der Waals surface area contributed by atoms with E-state index in [2.05, 4.69) is 30.3 Å². The van der Waals surface area contributed by atoms with Gasteiger partial charge in [-0.3, -0.25) is 0 Å². The van der Waals surface area contributed by atoms with Crippen molar-refractivity contribution in [1.82, 2.24) is 9.55 Å². The molecule has 0 bridgehead atoms. The van der Waals surface area contributed by atoms with E-state index in [4.69, 9.17) is 5.73 Å². The predicted molar refractivity (Wildman–Crippen MR) is 52.4 cm³/mol. The molecular weight excluding hydrogens is 162 g/mol. The van der Waals surface area contributed by atoms with Crippen molar-refractivity contribution in [3.63, 3.8) is 0 Å². The molecule has 2 rings (SSSR count). The highest BCUT2D eigenvalue weighted by Gasteiger charge is 2.58. The Hall–Kier alpha value is -0.830. The maximum Gasteiger partial charge on any atom is 0.113 e. The molecule has 3 nitrogen and oxygen atoms in total. The molecule has 1 aliphatic rings. The van der Waals surface area contributed by atoms with Gasteiger partial charge in [0.2, 0.25) is 0 Å². The first-order chi connectivity index (χ1) is 6.09. The van der Waals surface area contributed by atoms with Crippen molar-refractivity contribution in [2.24, 2.45) is 11.1 Å². The molecule has 2 atom stereocenters. The van der Waals surface area contributed by atoms with Gasteiger partial charge in [0.25, 0.3) is 0 Å². The van der Waals surface area contributed by atoms with Crippen molar-refractivity contribution in [1.29, 1.82) is 0 Å². The second-order valence-electron chi connectivity index (χ2n) is 4.40. The van der Waals surface area contributed by atoms with E-state index >= 15 is 0 Å². The predicted octanol–water partition coefficient (Wildman–Crippen LogP) is 1.35. The Kier molecular flexibility index (Phi) is 1.74. The van der Waals surface area contributed by atoms with Crippen LogP contribution in [0.3, 0.4) is 0 Å².